The predicted molar refractivity (Wildman–Crippen MR) is 51.9 cm³/mol. The van der Waals surface area contributed by atoms with Crippen molar-refractivity contribution in [1.29, 1.82) is 0 Å². The topological polar surface area (TPSA) is 45.1 Å². The van der Waals surface area contributed by atoms with Gasteiger partial charge in [0, 0.05) is 12.2 Å². The van der Waals surface area contributed by atoms with Crippen LogP contribution in [0.2, 0.25) is 0 Å². The Morgan fingerprint density at radius 1 is 1.38 bits per heavy atom. The molecular formula is C10H11F3N2O. The van der Waals surface area contributed by atoms with Crippen molar-refractivity contribution < 1.29 is 18.3 Å². The van der Waals surface area contributed by atoms with E-state index in [2.05, 4.69) is 10.3 Å². The lowest BCUT2D eigenvalue weighted by Gasteiger charge is -2.32. The molecule has 1 aliphatic rings. The fourth-order valence-corrected chi connectivity index (χ4v) is 1.60. The van der Waals surface area contributed by atoms with E-state index in [-0.39, 0.29) is 18.0 Å². The van der Waals surface area contributed by atoms with Gasteiger partial charge in [-0.15, -0.1) is 0 Å². The molecule has 0 aliphatic heterocycles. The third-order valence-corrected chi connectivity index (χ3v) is 2.55. The summed E-state index contributed by atoms with van der Waals surface area (Å²) in [4.78, 5) is 3.81. The molecular weight excluding hydrogens is 221 g/mol. The van der Waals surface area contributed by atoms with E-state index in [1.165, 1.54) is 0 Å². The van der Waals surface area contributed by atoms with E-state index < -0.39 is 11.7 Å². The summed E-state index contributed by atoms with van der Waals surface area (Å²) in [6.07, 6.45) is -2.46. The lowest BCUT2D eigenvalue weighted by molar-refractivity contribution is -0.137. The van der Waals surface area contributed by atoms with Gasteiger partial charge in [0.1, 0.15) is 5.82 Å². The summed E-state index contributed by atoms with van der Waals surface area (Å²) >= 11 is 0. The monoisotopic (exact) mass is 232 g/mol. The minimum absolute atomic E-state index is 0.0194. The van der Waals surface area contributed by atoms with Gasteiger partial charge in [0.2, 0.25) is 0 Å². The Hall–Kier alpha value is -1.30. The van der Waals surface area contributed by atoms with Crippen LogP contribution < -0.4 is 5.32 Å². The highest BCUT2D eigenvalue weighted by Crippen LogP contribution is 2.31. The summed E-state index contributed by atoms with van der Waals surface area (Å²) in [6, 6.07) is 1.93. The second kappa shape index (κ2) is 3.93. The van der Waals surface area contributed by atoms with Crippen molar-refractivity contribution in [2.75, 3.05) is 5.32 Å². The van der Waals surface area contributed by atoms with E-state index in [4.69, 9.17) is 5.11 Å². The predicted octanol–water partition coefficient (Wildman–Crippen LogP) is 2.04. The second-order valence-corrected chi connectivity index (χ2v) is 3.89. The molecule has 2 rings (SSSR count). The third kappa shape index (κ3) is 2.44. The smallest absolute Gasteiger partial charge is 0.393 e. The van der Waals surface area contributed by atoms with Gasteiger partial charge in [-0.25, -0.2) is 4.98 Å². The quantitative estimate of drug-likeness (QED) is 0.820. The SMILES string of the molecule is OC1CC(Nc2cc(C(F)(F)F)ccn2)C1. The largest absolute Gasteiger partial charge is 0.416 e. The van der Waals surface area contributed by atoms with Gasteiger partial charge in [0.15, 0.2) is 0 Å². The van der Waals surface area contributed by atoms with E-state index in [1.54, 1.807) is 0 Å². The maximum Gasteiger partial charge on any atom is 0.416 e. The average Bonchev–Trinajstić information content (AvgIpc) is 2.14. The molecule has 88 valence electrons. The molecule has 0 aromatic carbocycles. The highest BCUT2D eigenvalue weighted by molar-refractivity contribution is 5.40. The lowest BCUT2D eigenvalue weighted by Crippen LogP contribution is -2.39. The zero-order valence-corrected chi connectivity index (χ0v) is 8.33. The average molecular weight is 232 g/mol. The maximum absolute atomic E-state index is 12.4. The number of nitrogens with zero attached hydrogens (tertiary/aromatic N) is 1. The van der Waals surface area contributed by atoms with Gasteiger partial charge >= 0.3 is 6.18 Å². The van der Waals surface area contributed by atoms with Crippen LogP contribution in [0.5, 0.6) is 0 Å². The highest BCUT2D eigenvalue weighted by atomic mass is 19.4. The lowest BCUT2D eigenvalue weighted by atomic mass is 9.89. The minimum atomic E-state index is -4.35. The van der Waals surface area contributed by atoms with Gasteiger partial charge in [-0.1, -0.05) is 0 Å². The van der Waals surface area contributed by atoms with Crippen molar-refractivity contribution in [2.24, 2.45) is 0 Å². The molecule has 1 aromatic heterocycles. The maximum atomic E-state index is 12.4. The third-order valence-electron chi connectivity index (χ3n) is 2.55. The molecule has 16 heavy (non-hydrogen) atoms. The van der Waals surface area contributed by atoms with Crippen LogP contribution in [-0.4, -0.2) is 22.2 Å². The molecule has 0 amide bonds. The van der Waals surface area contributed by atoms with Gasteiger partial charge in [0.25, 0.3) is 0 Å². The first-order valence-corrected chi connectivity index (χ1v) is 4.93. The molecule has 3 nitrogen and oxygen atoms in total. The summed E-state index contributed by atoms with van der Waals surface area (Å²) in [6.45, 7) is 0. The number of nitrogens with one attached hydrogen (secondary N) is 1. The number of anilines is 1. The van der Waals surface area contributed by atoms with E-state index in [1.807, 2.05) is 0 Å². The van der Waals surface area contributed by atoms with Crippen molar-refractivity contribution in [2.45, 2.75) is 31.2 Å². The van der Waals surface area contributed by atoms with Crippen molar-refractivity contribution in [1.82, 2.24) is 4.98 Å². The first-order valence-electron chi connectivity index (χ1n) is 4.93. The molecule has 0 saturated heterocycles. The molecule has 0 atom stereocenters. The number of hydrogen-bond acceptors (Lipinski definition) is 3. The molecule has 1 aromatic rings. The van der Waals surface area contributed by atoms with Crippen molar-refractivity contribution in [3.05, 3.63) is 23.9 Å². The van der Waals surface area contributed by atoms with Crippen molar-refractivity contribution >= 4 is 5.82 Å². The summed E-state index contributed by atoms with van der Waals surface area (Å²) in [5.74, 6) is 0.201. The molecule has 0 spiro atoms. The van der Waals surface area contributed by atoms with E-state index in [0.717, 1.165) is 18.3 Å². The van der Waals surface area contributed by atoms with Crippen LogP contribution in [0.1, 0.15) is 18.4 Å². The Morgan fingerprint density at radius 2 is 2.06 bits per heavy atom. The molecule has 0 radical (unpaired) electrons. The Balaban J connectivity index is 2.05. The zero-order chi connectivity index (χ0) is 11.8. The molecule has 1 heterocycles. The Morgan fingerprint density at radius 3 is 2.62 bits per heavy atom. The second-order valence-electron chi connectivity index (χ2n) is 3.89. The molecule has 1 aliphatic carbocycles. The first-order chi connectivity index (χ1) is 7.45. The summed E-state index contributed by atoms with van der Waals surface area (Å²) in [7, 11) is 0. The number of rotatable bonds is 2. The fraction of sp³-hybridized carbons (Fsp3) is 0.500. The Kier molecular flexibility index (Phi) is 2.75. The molecule has 2 N–H and O–H groups in total. The number of aliphatic hydroxyl groups is 1. The van der Waals surface area contributed by atoms with Crippen LogP contribution in [0, 0.1) is 0 Å². The van der Waals surface area contributed by atoms with Gasteiger partial charge in [-0.2, -0.15) is 13.2 Å². The number of hydrogen-bond donors (Lipinski definition) is 2. The first kappa shape index (κ1) is 11.2. The fourth-order valence-electron chi connectivity index (χ4n) is 1.60. The minimum Gasteiger partial charge on any atom is -0.393 e. The standard InChI is InChI=1S/C10H11F3N2O/c11-10(12,13)6-1-2-14-9(3-6)15-7-4-8(16)5-7/h1-3,7-8,16H,4-5H2,(H,14,15). The molecule has 0 bridgehead atoms. The van der Waals surface area contributed by atoms with Crippen molar-refractivity contribution in [3.63, 3.8) is 0 Å². The summed E-state index contributed by atoms with van der Waals surface area (Å²) in [5, 5.41) is 11.9. The number of alkyl halides is 3. The summed E-state index contributed by atoms with van der Waals surface area (Å²) in [5.41, 5.74) is -0.718. The van der Waals surface area contributed by atoms with E-state index in [9.17, 15) is 13.2 Å². The molecule has 1 fully saturated rings. The van der Waals surface area contributed by atoms with E-state index >= 15 is 0 Å². The van der Waals surface area contributed by atoms with Gasteiger partial charge < -0.3 is 10.4 Å². The van der Waals surface area contributed by atoms with Gasteiger partial charge in [-0.05, 0) is 25.0 Å². The van der Waals surface area contributed by atoms with Crippen LogP contribution in [0.15, 0.2) is 18.3 Å². The van der Waals surface area contributed by atoms with Crippen LogP contribution in [-0.2, 0) is 6.18 Å². The Labute approximate surface area is 90.3 Å². The zero-order valence-electron chi connectivity index (χ0n) is 8.33. The normalized spacial score (nSPS) is 25.0. The van der Waals surface area contributed by atoms with Crippen molar-refractivity contribution in [3.8, 4) is 0 Å². The number of pyridine rings is 1. The number of aromatic nitrogens is 1. The Bertz CT molecular complexity index is 375. The van der Waals surface area contributed by atoms with Crippen LogP contribution in [0.3, 0.4) is 0 Å². The van der Waals surface area contributed by atoms with Crippen LogP contribution in [0.25, 0.3) is 0 Å². The van der Waals surface area contributed by atoms with Gasteiger partial charge in [-0.3, -0.25) is 0 Å². The summed E-state index contributed by atoms with van der Waals surface area (Å²) < 4.78 is 37.1. The van der Waals surface area contributed by atoms with Crippen LogP contribution in [0.4, 0.5) is 19.0 Å². The molecule has 6 heteroatoms. The van der Waals surface area contributed by atoms with Gasteiger partial charge in [0.05, 0.1) is 11.7 Å². The van der Waals surface area contributed by atoms with Crippen LogP contribution >= 0.6 is 0 Å². The number of aliphatic hydroxyl groups excluding tert-OH is 1. The van der Waals surface area contributed by atoms with E-state index in [0.29, 0.717) is 12.8 Å². The molecule has 0 unspecified atom stereocenters. The molecule has 1 saturated carbocycles. The highest BCUT2D eigenvalue weighted by Gasteiger charge is 2.32. The number of halogens is 3.